The summed E-state index contributed by atoms with van der Waals surface area (Å²) < 4.78 is 6.19. The number of benzene rings is 1. The zero-order chi connectivity index (χ0) is 13.0. The minimum atomic E-state index is -0.163. The third kappa shape index (κ3) is 3.57. The van der Waals surface area contributed by atoms with Crippen molar-refractivity contribution in [3.8, 4) is 0 Å². The second-order valence-corrected chi connectivity index (χ2v) is 5.77. The van der Waals surface area contributed by atoms with E-state index < -0.39 is 0 Å². The molecule has 0 bridgehead atoms. The molecule has 4 nitrogen and oxygen atoms in total. The average molecular weight is 328 g/mol. The third-order valence-corrected chi connectivity index (χ3v) is 3.96. The number of aromatic nitrogens is 2. The number of nitrogens with two attached hydrogens (primary N) is 1. The Labute approximate surface area is 118 Å². The lowest BCUT2D eigenvalue weighted by atomic mass is 10.2. The maximum absolute atomic E-state index is 5.82. The predicted molar refractivity (Wildman–Crippen MR) is 75.2 cm³/mol. The molecule has 0 saturated carbocycles. The highest BCUT2D eigenvalue weighted by Gasteiger charge is 2.12. The quantitative estimate of drug-likeness (QED) is 0.851. The van der Waals surface area contributed by atoms with Crippen molar-refractivity contribution in [2.24, 2.45) is 5.73 Å². The molecule has 96 valence electrons. The molecule has 1 heterocycles. The van der Waals surface area contributed by atoms with Gasteiger partial charge in [-0.3, -0.25) is 0 Å². The molecule has 1 atom stereocenters. The molecular weight excluding hydrogens is 314 g/mol. The largest absolute Gasteiger partial charge is 0.338 e. The minimum absolute atomic E-state index is 0.163. The van der Waals surface area contributed by atoms with Crippen LogP contribution in [0.15, 0.2) is 38.2 Å². The van der Waals surface area contributed by atoms with Gasteiger partial charge in [0, 0.05) is 9.37 Å². The first-order chi connectivity index (χ1) is 8.69. The highest BCUT2D eigenvalue weighted by atomic mass is 79.9. The van der Waals surface area contributed by atoms with Gasteiger partial charge in [0.25, 0.3) is 0 Å². The highest BCUT2D eigenvalue weighted by Crippen LogP contribution is 2.23. The second-order valence-electron chi connectivity index (χ2n) is 3.81. The van der Waals surface area contributed by atoms with Crippen molar-refractivity contribution in [1.29, 1.82) is 0 Å². The van der Waals surface area contributed by atoms with E-state index in [4.69, 9.17) is 10.3 Å². The van der Waals surface area contributed by atoms with Crippen LogP contribution in [0.2, 0.25) is 0 Å². The Hall–Kier alpha value is -0.850. The number of hydrogen-bond acceptors (Lipinski definition) is 5. The van der Waals surface area contributed by atoms with E-state index in [-0.39, 0.29) is 6.04 Å². The summed E-state index contributed by atoms with van der Waals surface area (Å²) in [4.78, 5) is 5.45. The van der Waals surface area contributed by atoms with Crippen molar-refractivity contribution in [3.63, 3.8) is 0 Å². The van der Waals surface area contributed by atoms with E-state index >= 15 is 0 Å². The van der Waals surface area contributed by atoms with Crippen LogP contribution in [0.1, 0.15) is 31.1 Å². The molecule has 0 fully saturated rings. The Morgan fingerprint density at radius 2 is 2.11 bits per heavy atom. The van der Waals surface area contributed by atoms with Crippen molar-refractivity contribution in [2.45, 2.75) is 30.0 Å². The van der Waals surface area contributed by atoms with E-state index in [1.165, 1.54) is 4.90 Å². The van der Waals surface area contributed by atoms with E-state index in [1.807, 2.05) is 31.2 Å². The van der Waals surface area contributed by atoms with Crippen molar-refractivity contribution in [2.75, 3.05) is 0 Å². The maximum atomic E-state index is 5.82. The fourth-order valence-corrected chi connectivity index (χ4v) is 2.34. The molecular formula is C12H14BrN3OS. The van der Waals surface area contributed by atoms with E-state index in [1.54, 1.807) is 11.8 Å². The summed E-state index contributed by atoms with van der Waals surface area (Å²) in [6, 6.07) is 7.96. The van der Waals surface area contributed by atoms with Crippen molar-refractivity contribution >= 4 is 27.7 Å². The lowest BCUT2D eigenvalue weighted by Gasteiger charge is -1.99. The first-order valence-corrected chi connectivity index (χ1v) is 7.43. The topological polar surface area (TPSA) is 64.9 Å². The van der Waals surface area contributed by atoms with E-state index in [0.29, 0.717) is 17.5 Å². The fraction of sp³-hybridized carbons (Fsp3) is 0.333. The molecule has 0 radical (unpaired) electrons. The van der Waals surface area contributed by atoms with Crippen LogP contribution in [-0.4, -0.2) is 10.1 Å². The Bertz CT molecular complexity index is 500. The number of nitrogens with zero attached hydrogens (tertiary/aromatic N) is 2. The summed E-state index contributed by atoms with van der Waals surface area (Å²) in [7, 11) is 0. The van der Waals surface area contributed by atoms with Crippen LogP contribution in [-0.2, 0) is 5.75 Å². The standard InChI is InChI=1S/C12H14BrN3OS/c1-2-10(14)12-15-11(16-17-12)7-18-9-5-3-8(13)4-6-9/h3-6,10H,2,7,14H2,1H3/t10-/m0/s1. The summed E-state index contributed by atoms with van der Waals surface area (Å²) in [5.74, 6) is 1.88. The SMILES string of the molecule is CC[C@H](N)c1nc(CSc2ccc(Br)cc2)no1. The van der Waals surface area contributed by atoms with Crippen molar-refractivity contribution < 1.29 is 4.52 Å². The average Bonchev–Trinajstić information content (AvgIpc) is 2.86. The molecule has 2 aromatic rings. The normalized spacial score (nSPS) is 12.6. The van der Waals surface area contributed by atoms with Gasteiger partial charge in [-0.2, -0.15) is 4.98 Å². The van der Waals surface area contributed by atoms with Crippen LogP contribution in [0.4, 0.5) is 0 Å². The van der Waals surface area contributed by atoms with E-state index in [2.05, 4.69) is 26.1 Å². The highest BCUT2D eigenvalue weighted by molar-refractivity contribution is 9.10. The summed E-state index contributed by atoms with van der Waals surface area (Å²) >= 11 is 5.07. The van der Waals surface area contributed by atoms with Gasteiger partial charge in [-0.05, 0) is 30.7 Å². The molecule has 0 aliphatic rings. The van der Waals surface area contributed by atoms with Crippen LogP contribution in [0, 0.1) is 0 Å². The van der Waals surface area contributed by atoms with Gasteiger partial charge in [0.05, 0.1) is 11.8 Å². The smallest absolute Gasteiger partial charge is 0.243 e. The summed E-state index contributed by atoms with van der Waals surface area (Å²) in [5, 5.41) is 3.92. The second kappa shape index (κ2) is 6.36. The Balaban J connectivity index is 1.94. The lowest BCUT2D eigenvalue weighted by Crippen LogP contribution is -2.08. The zero-order valence-electron chi connectivity index (χ0n) is 9.97. The first-order valence-electron chi connectivity index (χ1n) is 5.65. The van der Waals surface area contributed by atoms with Gasteiger partial charge >= 0.3 is 0 Å². The van der Waals surface area contributed by atoms with Gasteiger partial charge in [-0.15, -0.1) is 11.8 Å². The summed E-state index contributed by atoms with van der Waals surface area (Å²) in [5.41, 5.74) is 5.82. The molecule has 2 N–H and O–H groups in total. The predicted octanol–water partition coefficient (Wildman–Crippen LogP) is 3.53. The molecule has 0 saturated heterocycles. The van der Waals surface area contributed by atoms with Gasteiger partial charge in [0.15, 0.2) is 5.82 Å². The monoisotopic (exact) mass is 327 g/mol. The van der Waals surface area contributed by atoms with Crippen molar-refractivity contribution in [3.05, 3.63) is 40.5 Å². The first kappa shape index (κ1) is 13.6. The summed E-state index contributed by atoms with van der Waals surface area (Å²) in [6.07, 6.45) is 0.793. The van der Waals surface area contributed by atoms with Crippen LogP contribution in [0.25, 0.3) is 0 Å². The number of rotatable bonds is 5. The number of halogens is 1. The molecule has 0 unspecified atom stereocenters. The van der Waals surface area contributed by atoms with Gasteiger partial charge in [-0.25, -0.2) is 0 Å². The van der Waals surface area contributed by atoms with Gasteiger partial charge in [0.2, 0.25) is 5.89 Å². The molecule has 1 aromatic heterocycles. The molecule has 6 heteroatoms. The Kier molecular flexibility index (Phi) is 4.79. The van der Waals surface area contributed by atoms with Gasteiger partial charge < -0.3 is 10.3 Å². The van der Waals surface area contributed by atoms with Crippen LogP contribution in [0.3, 0.4) is 0 Å². The Morgan fingerprint density at radius 1 is 1.39 bits per heavy atom. The van der Waals surface area contributed by atoms with Crippen molar-refractivity contribution in [1.82, 2.24) is 10.1 Å². The Morgan fingerprint density at radius 3 is 2.78 bits per heavy atom. The van der Waals surface area contributed by atoms with Crippen LogP contribution in [0.5, 0.6) is 0 Å². The number of thioether (sulfide) groups is 1. The van der Waals surface area contributed by atoms with Gasteiger partial charge in [0.1, 0.15) is 0 Å². The molecule has 0 spiro atoms. The fourth-order valence-electron chi connectivity index (χ4n) is 1.33. The summed E-state index contributed by atoms with van der Waals surface area (Å²) in [6.45, 7) is 1.99. The minimum Gasteiger partial charge on any atom is -0.338 e. The molecule has 1 aromatic carbocycles. The molecule has 18 heavy (non-hydrogen) atoms. The van der Waals surface area contributed by atoms with Crippen LogP contribution >= 0.6 is 27.7 Å². The maximum Gasteiger partial charge on any atom is 0.243 e. The third-order valence-electron chi connectivity index (χ3n) is 2.42. The number of hydrogen-bond donors (Lipinski definition) is 1. The van der Waals surface area contributed by atoms with Gasteiger partial charge in [-0.1, -0.05) is 28.0 Å². The van der Waals surface area contributed by atoms with Crippen LogP contribution < -0.4 is 5.73 Å². The molecule has 0 aliphatic carbocycles. The lowest BCUT2D eigenvalue weighted by molar-refractivity contribution is 0.349. The molecule has 2 rings (SSSR count). The molecule has 0 aliphatic heterocycles. The van der Waals surface area contributed by atoms with E-state index in [0.717, 1.165) is 10.9 Å². The zero-order valence-corrected chi connectivity index (χ0v) is 12.4. The van der Waals surface area contributed by atoms with E-state index in [9.17, 15) is 0 Å². The molecule has 0 amide bonds.